The molecule has 1 aromatic rings. The Bertz CT molecular complexity index is 405. The van der Waals surface area contributed by atoms with Gasteiger partial charge < -0.3 is 14.4 Å². The largest absolute Gasteiger partial charge is 0.497 e. The Balaban J connectivity index is 2.12. The lowest BCUT2D eigenvalue weighted by atomic mass is 10.1. The number of methoxy groups -OCH3 is 1. The molecule has 1 atom stereocenters. The van der Waals surface area contributed by atoms with Gasteiger partial charge in [0.1, 0.15) is 5.75 Å². The molecule has 0 N–H and O–H groups in total. The Morgan fingerprint density at radius 3 is 3.06 bits per heavy atom. The lowest BCUT2D eigenvalue weighted by Crippen LogP contribution is -2.44. The third-order valence-corrected chi connectivity index (χ3v) is 2.84. The van der Waals surface area contributed by atoms with Crippen LogP contribution >= 0.6 is 0 Å². The van der Waals surface area contributed by atoms with Crippen molar-refractivity contribution in [3.8, 4) is 5.75 Å². The molecule has 4 heteroatoms. The van der Waals surface area contributed by atoms with Gasteiger partial charge in [0, 0.05) is 18.7 Å². The molecular weight excluding hydrogens is 218 g/mol. The molecule has 1 aromatic carbocycles. The summed E-state index contributed by atoms with van der Waals surface area (Å²) in [6, 6.07) is 7.24. The van der Waals surface area contributed by atoms with Crippen molar-refractivity contribution >= 4 is 5.91 Å². The SMILES string of the molecule is COc1cccc(C(=O)N2CCO[C@H](C)C2)c1. The molecule has 1 aliphatic heterocycles. The number of benzene rings is 1. The molecule has 1 saturated heterocycles. The molecule has 0 aromatic heterocycles. The summed E-state index contributed by atoms with van der Waals surface area (Å²) in [5, 5.41) is 0. The topological polar surface area (TPSA) is 38.8 Å². The highest BCUT2D eigenvalue weighted by atomic mass is 16.5. The van der Waals surface area contributed by atoms with E-state index in [0.717, 1.165) is 0 Å². The van der Waals surface area contributed by atoms with Gasteiger partial charge in [-0.15, -0.1) is 0 Å². The summed E-state index contributed by atoms with van der Waals surface area (Å²) >= 11 is 0. The molecule has 0 unspecified atom stereocenters. The van der Waals surface area contributed by atoms with Crippen LogP contribution in [0.3, 0.4) is 0 Å². The molecule has 0 saturated carbocycles. The zero-order valence-corrected chi connectivity index (χ0v) is 10.2. The Morgan fingerprint density at radius 1 is 1.53 bits per heavy atom. The van der Waals surface area contributed by atoms with Crippen LogP contribution in [0.1, 0.15) is 17.3 Å². The highest BCUT2D eigenvalue weighted by molar-refractivity contribution is 5.94. The molecule has 1 heterocycles. The molecule has 1 fully saturated rings. The van der Waals surface area contributed by atoms with Crippen molar-refractivity contribution < 1.29 is 14.3 Å². The second kappa shape index (κ2) is 5.19. The quantitative estimate of drug-likeness (QED) is 0.780. The van der Waals surface area contributed by atoms with E-state index < -0.39 is 0 Å². The molecule has 1 amide bonds. The van der Waals surface area contributed by atoms with Crippen molar-refractivity contribution in [1.82, 2.24) is 4.90 Å². The third kappa shape index (κ3) is 2.77. The number of ether oxygens (including phenoxy) is 2. The first-order chi connectivity index (χ1) is 8.20. The fourth-order valence-corrected chi connectivity index (χ4v) is 1.94. The van der Waals surface area contributed by atoms with Crippen LogP contribution in [-0.4, -0.2) is 43.7 Å². The van der Waals surface area contributed by atoms with Crippen LogP contribution in [-0.2, 0) is 4.74 Å². The van der Waals surface area contributed by atoms with E-state index >= 15 is 0 Å². The van der Waals surface area contributed by atoms with Crippen molar-refractivity contribution in [2.24, 2.45) is 0 Å². The average Bonchev–Trinajstić information content (AvgIpc) is 2.38. The Labute approximate surface area is 101 Å². The highest BCUT2D eigenvalue weighted by Crippen LogP contribution is 2.16. The van der Waals surface area contributed by atoms with E-state index in [2.05, 4.69) is 0 Å². The first kappa shape index (κ1) is 11.9. The van der Waals surface area contributed by atoms with Crippen LogP contribution in [0.4, 0.5) is 0 Å². The van der Waals surface area contributed by atoms with E-state index in [1.807, 2.05) is 30.0 Å². The Hall–Kier alpha value is -1.55. The van der Waals surface area contributed by atoms with Gasteiger partial charge in [0.2, 0.25) is 0 Å². The standard InChI is InChI=1S/C13H17NO3/c1-10-9-14(6-7-17-10)13(15)11-4-3-5-12(8-11)16-2/h3-5,8,10H,6-7,9H2,1-2H3/t10-/m1/s1. The summed E-state index contributed by atoms with van der Waals surface area (Å²) in [6.45, 7) is 3.89. The second-order valence-electron chi connectivity index (χ2n) is 4.16. The maximum Gasteiger partial charge on any atom is 0.254 e. The van der Waals surface area contributed by atoms with Gasteiger partial charge in [-0.25, -0.2) is 0 Å². The van der Waals surface area contributed by atoms with Gasteiger partial charge in [-0.1, -0.05) is 6.07 Å². The smallest absolute Gasteiger partial charge is 0.254 e. The minimum absolute atomic E-state index is 0.0408. The predicted molar refractivity (Wildman–Crippen MR) is 64.3 cm³/mol. The maximum atomic E-state index is 12.2. The zero-order chi connectivity index (χ0) is 12.3. The number of rotatable bonds is 2. The summed E-state index contributed by atoms with van der Waals surface area (Å²) in [5.41, 5.74) is 0.665. The van der Waals surface area contributed by atoms with Crippen LogP contribution in [0.25, 0.3) is 0 Å². The minimum atomic E-state index is 0.0408. The maximum absolute atomic E-state index is 12.2. The number of carbonyl (C=O) groups is 1. The van der Waals surface area contributed by atoms with Gasteiger partial charge in [-0.2, -0.15) is 0 Å². The number of hydrogen-bond acceptors (Lipinski definition) is 3. The van der Waals surface area contributed by atoms with E-state index in [9.17, 15) is 4.79 Å². The molecule has 0 spiro atoms. The van der Waals surface area contributed by atoms with Crippen molar-refractivity contribution in [2.45, 2.75) is 13.0 Å². The molecule has 17 heavy (non-hydrogen) atoms. The van der Waals surface area contributed by atoms with E-state index in [-0.39, 0.29) is 12.0 Å². The minimum Gasteiger partial charge on any atom is -0.497 e. The summed E-state index contributed by atoms with van der Waals surface area (Å²) in [4.78, 5) is 14.1. The van der Waals surface area contributed by atoms with Crippen LogP contribution in [0, 0.1) is 0 Å². The summed E-state index contributed by atoms with van der Waals surface area (Å²) in [5.74, 6) is 0.746. The van der Waals surface area contributed by atoms with Gasteiger partial charge in [-0.05, 0) is 25.1 Å². The van der Waals surface area contributed by atoms with E-state index in [1.54, 1.807) is 13.2 Å². The summed E-state index contributed by atoms with van der Waals surface area (Å²) in [7, 11) is 1.60. The fourth-order valence-electron chi connectivity index (χ4n) is 1.94. The monoisotopic (exact) mass is 235 g/mol. The number of morpholine rings is 1. The van der Waals surface area contributed by atoms with Crippen LogP contribution in [0.2, 0.25) is 0 Å². The Morgan fingerprint density at radius 2 is 2.35 bits per heavy atom. The van der Waals surface area contributed by atoms with E-state index in [0.29, 0.717) is 31.0 Å². The second-order valence-corrected chi connectivity index (χ2v) is 4.16. The lowest BCUT2D eigenvalue weighted by molar-refractivity contribution is -0.0124. The van der Waals surface area contributed by atoms with Crippen LogP contribution in [0.15, 0.2) is 24.3 Å². The predicted octanol–water partition coefficient (Wildman–Crippen LogP) is 1.56. The van der Waals surface area contributed by atoms with Crippen molar-refractivity contribution in [2.75, 3.05) is 26.8 Å². The van der Waals surface area contributed by atoms with E-state index in [4.69, 9.17) is 9.47 Å². The molecule has 0 aliphatic carbocycles. The van der Waals surface area contributed by atoms with Gasteiger partial charge in [0.25, 0.3) is 5.91 Å². The molecule has 92 valence electrons. The van der Waals surface area contributed by atoms with Crippen LogP contribution < -0.4 is 4.74 Å². The van der Waals surface area contributed by atoms with Crippen LogP contribution in [0.5, 0.6) is 5.75 Å². The summed E-state index contributed by atoms with van der Waals surface area (Å²) in [6.07, 6.45) is 0.110. The normalized spacial score (nSPS) is 20.1. The third-order valence-electron chi connectivity index (χ3n) is 2.84. The van der Waals surface area contributed by atoms with Gasteiger partial charge in [-0.3, -0.25) is 4.79 Å². The number of hydrogen-bond donors (Lipinski definition) is 0. The van der Waals surface area contributed by atoms with Gasteiger partial charge in [0.05, 0.1) is 19.8 Å². The zero-order valence-electron chi connectivity index (χ0n) is 10.2. The summed E-state index contributed by atoms with van der Waals surface area (Å²) < 4.78 is 10.5. The van der Waals surface area contributed by atoms with Gasteiger partial charge >= 0.3 is 0 Å². The highest BCUT2D eigenvalue weighted by Gasteiger charge is 2.22. The molecule has 0 bridgehead atoms. The lowest BCUT2D eigenvalue weighted by Gasteiger charge is -2.31. The molecular formula is C13H17NO3. The van der Waals surface area contributed by atoms with Crippen molar-refractivity contribution in [3.05, 3.63) is 29.8 Å². The first-order valence-corrected chi connectivity index (χ1v) is 5.75. The number of carbonyl (C=O) groups excluding carboxylic acids is 1. The van der Waals surface area contributed by atoms with E-state index in [1.165, 1.54) is 0 Å². The van der Waals surface area contributed by atoms with Gasteiger partial charge in [0.15, 0.2) is 0 Å². The van der Waals surface area contributed by atoms with Crippen molar-refractivity contribution in [1.29, 1.82) is 0 Å². The first-order valence-electron chi connectivity index (χ1n) is 5.75. The average molecular weight is 235 g/mol. The Kier molecular flexibility index (Phi) is 3.64. The van der Waals surface area contributed by atoms with Crippen molar-refractivity contribution in [3.63, 3.8) is 0 Å². The molecule has 1 aliphatic rings. The molecule has 4 nitrogen and oxygen atoms in total. The number of amides is 1. The number of nitrogens with zero attached hydrogens (tertiary/aromatic N) is 1. The molecule has 0 radical (unpaired) electrons. The fraction of sp³-hybridized carbons (Fsp3) is 0.462. The molecule has 2 rings (SSSR count).